The summed E-state index contributed by atoms with van der Waals surface area (Å²) in [6.07, 6.45) is 3.61. The van der Waals surface area contributed by atoms with E-state index in [9.17, 15) is 0 Å². The first kappa shape index (κ1) is 13.1. The van der Waals surface area contributed by atoms with Crippen molar-refractivity contribution in [2.45, 2.75) is 47.2 Å². The number of hydrogen-bond acceptors (Lipinski definition) is 3. The fourth-order valence-corrected chi connectivity index (χ4v) is 1.62. The molecule has 1 rings (SSSR count). The molecule has 0 aliphatic carbocycles. The summed E-state index contributed by atoms with van der Waals surface area (Å²) >= 11 is 0. The van der Waals surface area contributed by atoms with E-state index in [0.29, 0.717) is 11.5 Å². The van der Waals surface area contributed by atoms with E-state index in [4.69, 9.17) is 0 Å². The summed E-state index contributed by atoms with van der Waals surface area (Å²) in [5, 5.41) is 0. The molecule has 0 bridgehead atoms. The van der Waals surface area contributed by atoms with Crippen molar-refractivity contribution < 1.29 is 0 Å². The third-order valence-corrected chi connectivity index (χ3v) is 2.37. The van der Waals surface area contributed by atoms with Gasteiger partial charge < -0.3 is 0 Å². The van der Waals surface area contributed by atoms with Gasteiger partial charge in [-0.1, -0.05) is 20.8 Å². The topological polar surface area (TPSA) is 29.0 Å². The molecule has 90 valence electrons. The molecular formula is C13H23N3. The molecule has 0 fully saturated rings. The third kappa shape index (κ3) is 4.71. The molecule has 0 amide bonds. The average Bonchev–Trinajstić information content (AvgIpc) is 2.16. The van der Waals surface area contributed by atoms with Crippen LogP contribution >= 0.6 is 0 Å². The third-order valence-electron chi connectivity index (χ3n) is 2.37. The molecule has 1 aromatic heterocycles. The summed E-state index contributed by atoms with van der Waals surface area (Å²) in [7, 11) is 0. The first-order valence-electron chi connectivity index (χ1n) is 5.88. The van der Waals surface area contributed by atoms with E-state index in [1.165, 1.54) is 0 Å². The highest BCUT2D eigenvalue weighted by Crippen LogP contribution is 2.18. The van der Waals surface area contributed by atoms with E-state index >= 15 is 0 Å². The number of hydrogen-bond donors (Lipinski definition) is 0. The molecular weight excluding hydrogens is 198 g/mol. The minimum atomic E-state index is 0.305. The highest BCUT2D eigenvalue weighted by atomic mass is 15.2. The zero-order chi connectivity index (χ0) is 12.2. The van der Waals surface area contributed by atoms with E-state index in [1.807, 2.05) is 6.07 Å². The normalized spacial score (nSPS) is 12.4. The van der Waals surface area contributed by atoms with Gasteiger partial charge >= 0.3 is 0 Å². The van der Waals surface area contributed by atoms with Gasteiger partial charge in [0.2, 0.25) is 0 Å². The molecule has 0 saturated carbocycles. The lowest BCUT2D eigenvalue weighted by Gasteiger charge is -2.32. The van der Waals surface area contributed by atoms with E-state index in [-0.39, 0.29) is 0 Å². The molecule has 0 atom stereocenters. The molecule has 0 aromatic carbocycles. The number of rotatable bonds is 4. The minimum Gasteiger partial charge on any atom is -0.293 e. The Morgan fingerprint density at radius 1 is 1.19 bits per heavy atom. The van der Waals surface area contributed by atoms with Crippen molar-refractivity contribution in [3.63, 3.8) is 0 Å². The Balaban J connectivity index is 2.66. The van der Waals surface area contributed by atoms with Crippen LogP contribution in [-0.4, -0.2) is 27.5 Å². The van der Waals surface area contributed by atoms with E-state index in [0.717, 1.165) is 18.9 Å². The van der Waals surface area contributed by atoms with E-state index in [2.05, 4.69) is 49.5 Å². The van der Waals surface area contributed by atoms with Gasteiger partial charge in [0.1, 0.15) is 5.82 Å². The Hall–Kier alpha value is -0.960. The SMILES string of the molecule is CC(C)N(Cc1ncccn1)CC(C)(C)C. The zero-order valence-corrected chi connectivity index (χ0v) is 11.1. The summed E-state index contributed by atoms with van der Waals surface area (Å²) in [5.74, 6) is 0.903. The summed E-state index contributed by atoms with van der Waals surface area (Å²) in [4.78, 5) is 11.0. The molecule has 0 saturated heterocycles. The highest BCUT2D eigenvalue weighted by molar-refractivity contribution is 4.89. The van der Waals surface area contributed by atoms with Gasteiger partial charge in [0.25, 0.3) is 0 Å². The first-order valence-corrected chi connectivity index (χ1v) is 5.88. The van der Waals surface area contributed by atoms with Crippen molar-refractivity contribution in [2.75, 3.05) is 6.54 Å². The van der Waals surface area contributed by atoms with Gasteiger partial charge in [0.05, 0.1) is 6.54 Å². The molecule has 1 heterocycles. The fourth-order valence-electron chi connectivity index (χ4n) is 1.62. The van der Waals surface area contributed by atoms with Crippen molar-refractivity contribution in [3.05, 3.63) is 24.3 Å². The van der Waals surface area contributed by atoms with Crippen LogP contribution in [0.15, 0.2) is 18.5 Å². The van der Waals surface area contributed by atoms with Crippen LogP contribution in [0.4, 0.5) is 0 Å². The van der Waals surface area contributed by atoms with Gasteiger partial charge in [0.15, 0.2) is 0 Å². The van der Waals surface area contributed by atoms with Gasteiger partial charge in [0, 0.05) is 25.0 Å². The molecule has 3 nitrogen and oxygen atoms in total. The monoisotopic (exact) mass is 221 g/mol. The molecule has 0 aliphatic rings. The lowest BCUT2D eigenvalue weighted by atomic mass is 9.95. The second-order valence-corrected chi connectivity index (χ2v) is 5.72. The highest BCUT2D eigenvalue weighted by Gasteiger charge is 2.19. The van der Waals surface area contributed by atoms with Crippen LogP contribution < -0.4 is 0 Å². The lowest BCUT2D eigenvalue weighted by molar-refractivity contribution is 0.144. The minimum absolute atomic E-state index is 0.305. The second-order valence-electron chi connectivity index (χ2n) is 5.72. The molecule has 0 radical (unpaired) electrons. The molecule has 0 aliphatic heterocycles. The molecule has 0 unspecified atom stereocenters. The Kier molecular flexibility index (Phi) is 4.42. The molecule has 0 spiro atoms. The fraction of sp³-hybridized carbons (Fsp3) is 0.692. The predicted molar refractivity (Wildman–Crippen MR) is 67.0 cm³/mol. The average molecular weight is 221 g/mol. The van der Waals surface area contributed by atoms with Crippen LogP contribution in [0.25, 0.3) is 0 Å². The van der Waals surface area contributed by atoms with Crippen LogP contribution in [-0.2, 0) is 6.54 Å². The lowest BCUT2D eigenvalue weighted by Crippen LogP contribution is -2.37. The Morgan fingerprint density at radius 2 is 1.75 bits per heavy atom. The van der Waals surface area contributed by atoms with Crippen LogP contribution in [0.5, 0.6) is 0 Å². The Labute approximate surface area is 98.9 Å². The van der Waals surface area contributed by atoms with E-state index in [1.54, 1.807) is 12.4 Å². The molecule has 16 heavy (non-hydrogen) atoms. The maximum Gasteiger partial charge on any atom is 0.142 e. The van der Waals surface area contributed by atoms with Crippen molar-refractivity contribution in [2.24, 2.45) is 5.41 Å². The van der Waals surface area contributed by atoms with Gasteiger partial charge in [-0.2, -0.15) is 0 Å². The summed E-state index contributed by atoms with van der Waals surface area (Å²) < 4.78 is 0. The van der Waals surface area contributed by atoms with Gasteiger partial charge in [-0.25, -0.2) is 9.97 Å². The van der Waals surface area contributed by atoms with Gasteiger partial charge in [-0.3, -0.25) is 4.90 Å². The Morgan fingerprint density at radius 3 is 2.19 bits per heavy atom. The van der Waals surface area contributed by atoms with Gasteiger partial charge in [-0.05, 0) is 25.3 Å². The summed E-state index contributed by atoms with van der Waals surface area (Å²) in [6, 6.07) is 2.37. The largest absolute Gasteiger partial charge is 0.293 e. The second kappa shape index (κ2) is 5.39. The maximum atomic E-state index is 4.28. The summed E-state index contributed by atoms with van der Waals surface area (Å²) in [6.45, 7) is 13.1. The van der Waals surface area contributed by atoms with Crippen molar-refractivity contribution in [1.29, 1.82) is 0 Å². The summed E-state index contributed by atoms with van der Waals surface area (Å²) in [5.41, 5.74) is 0.305. The first-order chi connectivity index (χ1) is 7.38. The molecule has 0 N–H and O–H groups in total. The zero-order valence-electron chi connectivity index (χ0n) is 11.1. The standard InChI is InChI=1S/C13H23N3/c1-11(2)16(10-13(3,4)5)9-12-14-7-6-8-15-12/h6-8,11H,9-10H2,1-5H3. The van der Waals surface area contributed by atoms with Crippen molar-refractivity contribution in [3.8, 4) is 0 Å². The smallest absolute Gasteiger partial charge is 0.142 e. The van der Waals surface area contributed by atoms with Gasteiger partial charge in [-0.15, -0.1) is 0 Å². The van der Waals surface area contributed by atoms with Crippen LogP contribution in [0, 0.1) is 5.41 Å². The van der Waals surface area contributed by atoms with Crippen LogP contribution in [0.2, 0.25) is 0 Å². The maximum absolute atomic E-state index is 4.28. The van der Waals surface area contributed by atoms with Crippen LogP contribution in [0.3, 0.4) is 0 Å². The van der Waals surface area contributed by atoms with Crippen LogP contribution in [0.1, 0.15) is 40.4 Å². The van der Waals surface area contributed by atoms with Crippen molar-refractivity contribution in [1.82, 2.24) is 14.9 Å². The predicted octanol–water partition coefficient (Wildman–Crippen LogP) is 2.73. The quantitative estimate of drug-likeness (QED) is 0.783. The van der Waals surface area contributed by atoms with Crippen molar-refractivity contribution >= 4 is 0 Å². The number of aromatic nitrogens is 2. The number of nitrogens with zero attached hydrogens (tertiary/aromatic N) is 3. The Bertz CT molecular complexity index is 301. The molecule has 3 heteroatoms. The van der Waals surface area contributed by atoms with E-state index < -0.39 is 0 Å². The molecule has 1 aromatic rings.